The molecule has 0 radical (unpaired) electrons. The summed E-state index contributed by atoms with van der Waals surface area (Å²) in [6.07, 6.45) is 6.96. The summed E-state index contributed by atoms with van der Waals surface area (Å²) in [5.74, 6) is 2.18. The average Bonchev–Trinajstić information content (AvgIpc) is 3.22. The lowest BCUT2D eigenvalue weighted by atomic mass is 9.89. The predicted octanol–water partition coefficient (Wildman–Crippen LogP) is 3.72. The minimum atomic E-state index is 0.707. The number of hydrogen-bond donors (Lipinski definition) is 0. The molecule has 5 nitrogen and oxygen atoms in total. The zero-order chi connectivity index (χ0) is 14.7. The predicted molar refractivity (Wildman–Crippen MR) is 85.1 cm³/mol. The van der Waals surface area contributed by atoms with Crippen molar-refractivity contribution in [2.75, 3.05) is 0 Å². The van der Waals surface area contributed by atoms with Crippen LogP contribution in [0, 0.1) is 5.92 Å². The highest BCUT2D eigenvalue weighted by Gasteiger charge is 2.24. The third-order valence-electron chi connectivity index (χ3n) is 4.44. The van der Waals surface area contributed by atoms with Gasteiger partial charge in [0.2, 0.25) is 5.82 Å². The van der Waals surface area contributed by atoms with E-state index in [2.05, 4.69) is 22.1 Å². The summed E-state index contributed by atoms with van der Waals surface area (Å²) in [5, 5.41) is 9.92. The molecule has 0 aromatic carbocycles. The number of rotatable bonds is 1. The lowest BCUT2D eigenvalue weighted by Crippen LogP contribution is -2.08. The first-order valence-electron chi connectivity index (χ1n) is 7.49. The Hall–Kier alpha value is -2.21. The molecular formula is C16H14N4OS. The van der Waals surface area contributed by atoms with Crippen LogP contribution in [-0.2, 0) is 12.8 Å². The Morgan fingerprint density at radius 3 is 3.18 bits per heavy atom. The molecule has 1 aliphatic rings. The molecule has 22 heavy (non-hydrogen) atoms. The van der Waals surface area contributed by atoms with Crippen LogP contribution in [-0.4, -0.2) is 19.6 Å². The van der Waals surface area contributed by atoms with Crippen LogP contribution < -0.4 is 0 Å². The fourth-order valence-electron chi connectivity index (χ4n) is 3.31. The van der Waals surface area contributed by atoms with Gasteiger partial charge in [-0.2, -0.15) is 0 Å². The van der Waals surface area contributed by atoms with Gasteiger partial charge in [0.1, 0.15) is 11.2 Å². The van der Waals surface area contributed by atoms with Crippen LogP contribution in [0.5, 0.6) is 0 Å². The normalized spacial score (nSPS) is 18.1. The Morgan fingerprint density at radius 2 is 2.32 bits per heavy atom. The fraction of sp³-hybridized carbons (Fsp3) is 0.312. The van der Waals surface area contributed by atoms with Gasteiger partial charge in [0.25, 0.3) is 0 Å². The molecule has 4 heterocycles. The summed E-state index contributed by atoms with van der Waals surface area (Å²) in [7, 11) is 0. The molecule has 0 bridgehead atoms. The fourth-order valence-corrected chi connectivity index (χ4v) is 4.66. The Morgan fingerprint density at radius 1 is 1.36 bits per heavy atom. The van der Waals surface area contributed by atoms with Gasteiger partial charge in [-0.25, -0.2) is 4.98 Å². The second-order valence-electron chi connectivity index (χ2n) is 5.97. The first-order chi connectivity index (χ1) is 10.8. The van der Waals surface area contributed by atoms with E-state index in [4.69, 9.17) is 4.42 Å². The maximum absolute atomic E-state index is 5.46. The molecule has 4 aromatic heterocycles. The molecule has 0 saturated heterocycles. The van der Waals surface area contributed by atoms with Crippen LogP contribution in [0.1, 0.15) is 23.8 Å². The zero-order valence-corrected chi connectivity index (χ0v) is 12.9. The third-order valence-corrected chi connectivity index (χ3v) is 5.61. The van der Waals surface area contributed by atoms with Crippen molar-refractivity contribution in [1.29, 1.82) is 0 Å². The van der Waals surface area contributed by atoms with Crippen molar-refractivity contribution in [3.8, 4) is 11.6 Å². The number of aryl methyl sites for hydroxylation is 1. The largest absolute Gasteiger partial charge is 0.461 e. The topological polar surface area (TPSA) is 56.2 Å². The molecule has 1 unspecified atom stereocenters. The highest BCUT2D eigenvalue weighted by atomic mass is 32.1. The number of aromatic nitrogens is 4. The molecule has 5 rings (SSSR count). The minimum absolute atomic E-state index is 0.707. The molecule has 0 fully saturated rings. The van der Waals surface area contributed by atoms with E-state index in [0.29, 0.717) is 11.6 Å². The Balaban J connectivity index is 1.82. The van der Waals surface area contributed by atoms with Crippen LogP contribution in [0.25, 0.3) is 27.4 Å². The van der Waals surface area contributed by atoms with Crippen LogP contribution in [0.2, 0.25) is 0 Å². The molecule has 0 N–H and O–H groups in total. The van der Waals surface area contributed by atoms with Crippen LogP contribution in [0.15, 0.2) is 29.1 Å². The summed E-state index contributed by atoms with van der Waals surface area (Å²) in [6, 6.07) is 3.75. The van der Waals surface area contributed by atoms with Crippen molar-refractivity contribution < 1.29 is 4.42 Å². The number of nitrogens with zero attached hydrogens (tertiary/aromatic N) is 4. The molecule has 4 aromatic rings. The quantitative estimate of drug-likeness (QED) is 0.537. The molecule has 0 spiro atoms. The Labute approximate surface area is 130 Å². The smallest absolute Gasteiger partial charge is 0.205 e. The lowest BCUT2D eigenvalue weighted by molar-refractivity contribution is 0.509. The van der Waals surface area contributed by atoms with E-state index in [0.717, 1.165) is 29.2 Å². The van der Waals surface area contributed by atoms with Crippen LogP contribution in [0.4, 0.5) is 0 Å². The second-order valence-corrected chi connectivity index (χ2v) is 7.05. The summed E-state index contributed by atoms with van der Waals surface area (Å²) in [6.45, 7) is 2.32. The number of thiophene rings is 1. The van der Waals surface area contributed by atoms with E-state index >= 15 is 0 Å². The van der Waals surface area contributed by atoms with Crippen molar-refractivity contribution in [3.63, 3.8) is 0 Å². The van der Waals surface area contributed by atoms with E-state index in [9.17, 15) is 0 Å². The van der Waals surface area contributed by atoms with Gasteiger partial charge in [0.15, 0.2) is 11.4 Å². The van der Waals surface area contributed by atoms with Gasteiger partial charge >= 0.3 is 0 Å². The van der Waals surface area contributed by atoms with Crippen LogP contribution in [0.3, 0.4) is 0 Å². The molecular weight excluding hydrogens is 296 g/mol. The van der Waals surface area contributed by atoms with Gasteiger partial charge in [0, 0.05) is 4.88 Å². The van der Waals surface area contributed by atoms with Gasteiger partial charge in [-0.05, 0) is 42.9 Å². The number of furan rings is 1. The van der Waals surface area contributed by atoms with E-state index in [1.807, 2.05) is 27.9 Å². The SMILES string of the molecule is CC1CCc2c(sc3ncn4c(-c5ccco5)nnc4c23)C1. The molecule has 0 saturated carbocycles. The maximum atomic E-state index is 5.46. The molecule has 6 heteroatoms. The van der Waals surface area contributed by atoms with E-state index in [1.165, 1.54) is 22.2 Å². The summed E-state index contributed by atoms with van der Waals surface area (Å²) < 4.78 is 7.39. The van der Waals surface area contributed by atoms with E-state index in [1.54, 1.807) is 12.6 Å². The summed E-state index contributed by atoms with van der Waals surface area (Å²) in [4.78, 5) is 7.19. The zero-order valence-electron chi connectivity index (χ0n) is 12.1. The van der Waals surface area contributed by atoms with Crippen molar-refractivity contribution >= 4 is 27.2 Å². The van der Waals surface area contributed by atoms with Gasteiger partial charge in [0.05, 0.1) is 11.6 Å². The van der Waals surface area contributed by atoms with Crippen molar-refractivity contribution in [1.82, 2.24) is 19.6 Å². The van der Waals surface area contributed by atoms with Gasteiger partial charge in [-0.1, -0.05) is 6.92 Å². The maximum Gasteiger partial charge on any atom is 0.205 e. The third kappa shape index (κ3) is 1.61. The molecule has 110 valence electrons. The van der Waals surface area contributed by atoms with Crippen molar-refractivity contribution in [2.24, 2.45) is 5.92 Å². The first kappa shape index (κ1) is 12.3. The Bertz CT molecular complexity index is 983. The van der Waals surface area contributed by atoms with Crippen molar-refractivity contribution in [3.05, 3.63) is 35.2 Å². The standard InChI is InChI=1S/C16H14N4OS/c1-9-4-5-10-12(7-9)22-16-13(10)15-19-18-14(20(15)8-17-16)11-3-2-6-21-11/h2-3,6,8-9H,4-5,7H2,1H3. The van der Waals surface area contributed by atoms with Crippen LogP contribution >= 0.6 is 11.3 Å². The first-order valence-corrected chi connectivity index (χ1v) is 8.31. The lowest BCUT2D eigenvalue weighted by Gasteiger charge is -2.17. The van der Waals surface area contributed by atoms with Crippen molar-refractivity contribution in [2.45, 2.75) is 26.2 Å². The van der Waals surface area contributed by atoms with Gasteiger partial charge < -0.3 is 4.42 Å². The highest BCUT2D eigenvalue weighted by Crippen LogP contribution is 2.39. The Kier molecular flexibility index (Phi) is 2.47. The molecule has 1 atom stereocenters. The number of fused-ring (bicyclic) bond motifs is 5. The molecule has 1 aliphatic carbocycles. The average molecular weight is 310 g/mol. The second kappa shape index (κ2) is 4.39. The summed E-state index contributed by atoms with van der Waals surface area (Å²) in [5.41, 5.74) is 2.32. The van der Waals surface area contributed by atoms with E-state index < -0.39 is 0 Å². The van der Waals surface area contributed by atoms with Gasteiger partial charge in [-0.15, -0.1) is 21.5 Å². The summed E-state index contributed by atoms with van der Waals surface area (Å²) >= 11 is 1.81. The van der Waals surface area contributed by atoms with Gasteiger partial charge in [-0.3, -0.25) is 4.40 Å². The molecule has 0 amide bonds. The molecule has 0 aliphatic heterocycles. The van der Waals surface area contributed by atoms with E-state index in [-0.39, 0.29) is 0 Å². The highest BCUT2D eigenvalue weighted by molar-refractivity contribution is 7.19. The number of hydrogen-bond acceptors (Lipinski definition) is 5. The minimum Gasteiger partial charge on any atom is -0.461 e. The monoisotopic (exact) mass is 310 g/mol.